The number of aliphatic hydroxyl groups is 1. The summed E-state index contributed by atoms with van der Waals surface area (Å²) in [6.45, 7) is 7.90. The molecule has 0 bridgehead atoms. The number of aromatic nitrogens is 4. The summed E-state index contributed by atoms with van der Waals surface area (Å²) >= 11 is 0. The molecule has 11 nitrogen and oxygen atoms in total. The van der Waals surface area contributed by atoms with Gasteiger partial charge in [0.25, 0.3) is 11.5 Å². The minimum Gasteiger partial charge on any atom is -0.381 e. The minimum atomic E-state index is -1.45. The highest BCUT2D eigenvalue weighted by Crippen LogP contribution is 2.32. The van der Waals surface area contributed by atoms with Gasteiger partial charge in [0.1, 0.15) is 11.4 Å². The zero-order valence-electron chi connectivity index (χ0n) is 21.2. The number of fused-ring (bicyclic) bond motifs is 1. The molecule has 1 aromatic carbocycles. The fraction of sp³-hybridized carbons (Fsp3) is 0.423. The number of carbonyl (C=O) groups is 1. The highest BCUT2D eigenvalue weighted by molar-refractivity contribution is 5.84. The number of H-pyrrole nitrogens is 1. The number of aromatic amines is 1. The molecule has 3 aromatic rings. The van der Waals surface area contributed by atoms with E-state index in [1.165, 1.54) is 26.1 Å². The summed E-state index contributed by atoms with van der Waals surface area (Å²) in [6.07, 6.45) is 2.05. The summed E-state index contributed by atoms with van der Waals surface area (Å²) in [5, 5.41) is 13.4. The van der Waals surface area contributed by atoms with Gasteiger partial charge in [0, 0.05) is 42.2 Å². The largest absolute Gasteiger partial charge is 0.381 e. The topological polar surface area (TPSA) is 137 Å². The molecule has 0 radical (unpaired) electrons. The molecule has 2 aromatic heterocycles. The average Bonchev–Trinajstić information content (AvgIpc) is 2.87. The average molecular weight is 506 g/mol. The quantitative estimate of drug-likeness (QED) is 0.474. The molecule has 11 heteroatoms. The maximum atomic E-state index is 12.8. The first kappa shape index (κ1) is 24.8. The van der Waals surface area contributed by atoms with Crippen molar-refractivity contribution in [3.8, 4) is 11.4 Å². The van der Waals surface area contributed by atoms with Crippen molar-refractivity contribution >= 4 is 23.4 Å². The first-order valence-corrected chi connectivity index (χ1v) is 12.4. The van der Waals surface area contributed by atoms with Crippen LogP contribution >= 0.6 is 0 Å². The Labute approximate surface area is 214 Å². The van der Waals surface area contributed by atoms with Gasteiger partial charge in [-0.15, -0.1) is 0 Å². The van der Waals surface area contributed by atoms with Crippen LogP contribution in [0.3, 0.4) is 0 Å². The maximum Gasteiger partial charge on any atom is 0.254 e. The third-order valence-electron chi connectivity index (χ3n) is 6.57. The van der Waals surface area contributed by atoms with Crippen LogP contribution < -0.4 is 15.8 Å². The Morgan fingerprint density at radius 3 is 2.68 bits per heavy atom. The van der Waals surface area contributed by atoms with E-state index >= 15 is 0 Å². The first-order valence-electron chi connectivity index (χ1n) is 12.4. The van der Waals surface area contributed by atoms with Crippen LogP contribution in [0.4, 0.5) is 17.5 Å². The maximum absolute atomic E-state index is 12.8. The Morgan fingerprint density at radius 1 is 1.19 bits per heavy atom. The summed E-state index contributed by atoms with van der Waals surface area (Å²) in [6, 6.07) is 9.05. The van der Waals surface area contributed by atoms with Crippen LogP contribution in [0, 0.1) is 0 Å². The van der Waals surface area contributed by atoms with Crippen molar-refractivity contribution in [3.63, 3.8) is 0 Å². The molecule has 0 aliphatic carbocycles. The number of hydrogen-bond donors (Lipinski definition) is 3. The standard InChI is InChI=1S/C26H31N7O4/c1-16-15-37-13-12-33(16)23-19-9-11-32(24(35)26(2,3)36)14-20(19)29-22(31-23)17-4-6-18(7-5-17)28-25-27-10-8-21(34)30-25/h4-8,10,16,36H,9,11-15H2,1-3H3,(H2,27,28,30,34). The van der Waals surface area contributed by atoms with Crippen molar-refractivity contribution < 1.29 is 14.6 Å². The number of ether oxygens (including phenoxy) is 1. The molecule has 3 N–H and O–H groups in total. The Hall–Kier alpha value is -3.83. The van der Waals surface area contributed by atoms with E-state index in [0.717, 1.165) is 34.9 Å². The summed E-state index contributed by atoms with van der Waals surface area (Å²) in [5.74, 6) is 1.47. The molecule has 1 saturated heterocycles. The predicted molar refractivity (Wildman–Crippen MR) is 139 cm³/mol. The van der Waals surface area contributed by atoms with Crippen molar-refractivity contribution in [3.05, 3.63) is 58.1 Å². The van der Waals surface area contributed by atoms with E-state index in [2.05, 4.69) is 27.1 Å². The van der Waals surface area contributed by atoms with Crippen LogP contribution in [0.25, 0.3) is 11.4 Å². The van der Waals surface area contributed by atoms with E-state index in [9.17, 15) is 14.7 Å². The fourth-order valence-electron chi connectivity index (χ4n) is 4.65. The van der Waals surface area contributed by atoms with Crippen LogP contribution in [0.5, 0.6) is 0 Å². The molecular weight excluding hydrogens is 474 g/mol. The lowest BCUT2D eigenvalue weighted by Gasteiger charge is -2.38. The molecule has 2 aliphatic heterocycles. The second-order valence-electron chi connectivity index (χ2n) is 9.93. The molecule has 37 heavy (non-hydrogen) atoms. The number of rotatable bonds is 5. The van der Waals surface area contributed by atoms with E-state index < -0.39 is 5.60 Å². The summed E-state index contributed by atoms with van der Waals surface area (Å²) in [7, 11) is 0. The summed E-state index contributed by atoms with van der Waals surface area (Å²) in [5.41, 5.74) is 1.70. The molecule has 5 rings (SSSR count). The Balaban J connectivity index is 1.49. The van der Waals surface area contributed by atoms with Crippen LogP contribution in [0.1, 0.15) is 32.0 Å². The van der Waals surface area contributed by atoms with Gasteiger partial charge in [0.15, 0.2) is 5.82 Å². The SMILES string of the molecule is CC1COCCN1c1nc(-c2ccc(Nc3nccc(=O)[nH]3)cc2)nc2c1CCN(C(=O)C(C)(C)O)C2. The molecular formula is C26H31N7O4. The number of benzene rings is 1. The Morgan fingerprint density at radius 2 is 1.97 bits per heavy atom. The molecule has 0 saturated carbocycles. The van der Waals surface area contributed by atoms with Gasteiger partial charge < -0.3 is 25.0 Å². The molecule has 2 aliphatic rings. The number of nitrogens with zero attached hydrogens (tertiary/aromatic N) is 5. The van der Waals surface area contributed by atoms with Crippen molar-refractivity contribution in [2.75, 3.05) is 36.5 Å². The molecule has 1 unspecified atom stereocenters. The predicted octanol–water partition coefficient (Wildman–Crippen LogP) is 1.85. The fourth-order valence-corrected chi connectivity index (χ4v) is 4.65. The second kappa shape index (κ2) is 9.91. The van der Waals surface area contributed by atoms with E-state index in [0.29, 0.717) is 44.5 Å². The monoisotopic (exact) mass is 505 g/mol. The molecule has 1 amide bonds. The van der Waals surface area contributed by atoms with Gasteiger partial charge in [-0.3, -0.25) is 14.6 Å². The number of morpholine rings is 1. The van der Waals surface area contributed by atoms with E-state index in [1.807, 2.05) is 24.3 Å². The Bertz CT molecular complexity index is 1350. The lowest BCUT2D eigenvalue weighted by atomic mass is 10.0. The van der Waals surface area contributed by atoms with E-state index in [1.54, 1.807) is 4.90 Å². The van der Waals surface area contributed by atoms with Crippen molar-refractivity contribution in [1.82, 2.24) is 24.8 Å². The molecule has 0 spiro atoms. The number of anilines is 3. The second-order valence-corrected chi connectivity index (χ2v) is 9.93. The minimum absolute atomic E-state index is 0.156. The molecule has 194 valence electrons. The Kier molecular flexibility index (Phi) is 6.65. The number of nitrogens with one attached hydrogen (secondary N) is 2. The lowest BCUT2D eigenvalue weighted by Crippen LogP contribution is -2.48. The van der Waals surface area contributed by atoms with Crippen molar-refractivity contribution in [2.24, 2.45) is 0 Å². The van der Waals surface area contributed by atoms with Crippen LogP contribution in [-0.4, -0.2) is 73.8 Å². The number of carbonyl (C=O) groups excluding carboxylic acids is 1. The van der Waals surface area contributed by atoms with Gasteiger partial charge in [0.2, 0.25) is 5.95 Å². The molecule has 1 fully saturated rings. The smallest absolute Gasteiger partial charge is 0.254 e. The van der Waals surface area contributed by atoms with Crippen molar-refractivity contribution in [1.29, 1.82) is 0 Å². The highest BCUT2D eigenvalue weighted by atomic mass is 16.5. The normalized spacial score (nSPS) is 17.9. The van der Waals surface area contributed by atoms with E-state index in [-0.39, 0.29) is 17.5 Å². The molecule has 1 atom stereocenters. The number of amides is 1. The highest BCUT2D eigenvalue weighted by Gasteiger charge is 2.34. The zero-order chi connectivity index (χ0) is 26.2. The van der Waals surface area contributed by atoms with E-state index in [4.69, 9.17) is 14.7 Å². The van der Waals surface area contributed by atoms with Gasteiger partial charge in [-0.25, -0.2) is 15.0 Å². The van der Waals surface area contributed by atoms with Gasteiger partial charge in [0.05, 0.1) is 31.5 Å². The first-order chi connectivity index (χ1) is 17.7. The summed E-state index contributed by atoms with van der Waals surface area (Å²) in [4.78, 5) is 44.9. The van der Waals surface area contributed by atoms with Crippen LogP contribution in [0.2, 0.25) is 0 Å². The third kappa shape index (κ3) is 5.32. The molecule has 4 heterocycles. The van der Waals surface area contributed by atoms with Gasteiger partial charge in [-0.05, 0) is 51.5 Å². The van der Waals surface area contributed by atoms with Gasteiger partial charge in [-0.1, -0.05) is 0 Å². The lowest BCUT2D eigenvalue weighted by molar-refractivity contribution is -0.148. The number of hydrogen-bond acceptors (Lipinski definition) is 9. The summed E-state index contributed by atoms with van der Waals surface area (Å²) < 4.78 is 5.65. The van der Waals surface area contributed by atoms with Crippen molar-refractivity contribution in [2.45, 2.75) is 45.4 Å². The van der Waals surface area contributed by atoms with Crippen LogP contribution in [0.15, 0.2) is 41.3 Å². The zero-order valence-corrected chi connectivity index (χ0v) is 21.2. The third-order valence-corrected chi connectivity index (χ3v) is 6.57. The van der Waals surface area contributed by atoms with Gasteiger partial charge >= 0.3 is 0 Å². The van der Waals surface area contributed by atoms with Gasteiger partial charge in [-0.2, -0.15) is 0 Å². The van der Waals surface area contributed by atoms with Crippen LogP contribution in [-0.2, 0) is 22.5 Å².